The van der Waals surface area contributed by atoms with Gasteiger partial charge in [0.2, 0.25) is 0 Å². The van der Waals surface area contributed by atoms with Gasteiger partial charge >= 0.3 is 6.01 Å². The molecule has 3 heterocycles. The van der Waals surface area contributed by atoms with Gasteiger partial charge < -0.3 is 18.8 Å². The molecule has 2 aromatic rings. The van der Waals surface area contributed by atoms with E-state index in [1.807, 2.05) is 4.90 Å². The Bertz CT molecular complexity index is 676. The van der Waals surface area contributed by atoms with Gasteiger partial charge in [0.05, 0.1) is 31.6 Å². The van der Waals surface area contributed by atoms with Crippen LogP contribution >= 0.6 is 0 Å². The van der Waals surface area contributed by atoms with Crippen molar-refractivity contribution in [1.82, 2.24) is 14.9 Å². The summed E-state index contributed by atoms with van der Waals surface area (Å²) >= 11 is 0. The molecule has 1 aliphatic heterocycles. The van der Waals surface area contributed by atoms with E-state index in [0.29, 0.717) is 31.5 Å². The van der Waals surface area contributed by atoms with Crippen molar-refractivity contribution < 1.29 is 18.7 Å². The summed E-state index contributed by atoms with van der Waals surface area (Å²) in [7, 11) is 0. The zero-order valence-corrected chi connectivity index (χ0v) is 13.2. The molecule has 1 aliphatic carbocycles. The number of nitrogens with zero attached hydrogens (tertiary/aromatic N) is 3. The van der Waals surface area contributed by atoms with E-state index in [0.717, 1.165) is 12.8 Å². The molecule has 0 spiro atoms. The number of aromatic nitrogens is 2. The first-order valence-corrected chi connectivity index (χ1v) is 8.19. The third-order valence-electron chi connectivity index (χ3n) is 4.68. The van der Waals surface area contributed by atoms with Crippen molar-refractivity contribution in [2.45, 2.75) is 25.0 Å². The quantitative estimate of drug-likeness (QED) is 0.851. The van der Waals surface area contributed by atoms with E-state index in [2.05, 4.69) is 9.97 Å². The number of furan rings is 1. The molecule has 0 bridgehead atoms. The summed E-state index contributed by atoms with van der Waals surface area (Å²) in [4.78, 5) is 22.6. The van der Waals surface area contributed by atoms with E-state index in [4.69, 9.17) is 13.9 Å². The van der Waals surface area contributed by atoms with Crippen LogP contribution in [0.15, 0.2) is 41.3 Å². The fourth-order valence-electron chi connectivity index (χ4n) is 3.57. The van der Waals surface area contributed by atoms with Gasteiger partial charge in [0.15, 0.2) is 5.76 Å². The molecule has 0 unspecified atom stereocenters. The maximum absolute atomic E-state index is 12.6. The Kier molecular flexibility index (Phi) is 4.17. The van der Waals surface area contributed by atoms with Crippen LogP contribution in [0, 0.1) is 5.92 Å². The molecule has 7 nitrogen and oxygen atoms in total. The predicted octanol–water partition coefficient (Wildman–Crippen LogP) is 1.77. The second-order valence-corrected chi connectivity index (χ2v) is 6.06. The Balaban J connectivity index is 1.42. The summed E-state index contributed by atoms with van der Waals surface area (Å²) in [5, 5.41) is 0. The highest BCUT2D eigenvalue weighted by Crippen LogP contribution is 2.35. The second-order valence-electron chi connectivity index (χ2n) is 6.06. The minimum absolute atomic E-state index is 0.0126. The van der Waals surface area contributed by atoms with Crippen molar-refractivity contribution in [3.05, 3.63) is 42.6 Å². The maximum Gasteiger partial charge on any atom is 0.316 e. The third kappa shape index (κ3) is 2.87. The normalized spacial score (nSPS) is 26.2. The van der Waals surface area contributed by atoms with E-state index in [1.54, 1.807) is 30.6 Å². The number of hydrogen-bond donors (Lipinski definition) is 0. The van der Waals surface area contributed by atoms with Crippen LogP contribution in [0.3, 0.4) is 0 Å². The van der Waals surface area contributed by atoms with Crippen molar-refractivity contribution >= 4 is 5.91 Å². The van der Waals surface area contributed by atoms with Crippen LogP contribution in [0.25, 0.3) is 0 Å². The van der Waals surface area contributed by atoms with Crippen LogP contribution in [-0.2, 0) is 4.74 Å². The molecule has 1 amide bonds. The number of ether oxygens (including phenoxy) is 2. The number of hydrogen-bond acceptors (Lipinski definition) is 6. The fourth-order valence-corrected chi connectivity index (χ4v) is 3.57. The molecular weight excluding hydrogens is 310 g/mol. The standard InChI is InChI=1S/C17H19N3O4/c21-16(14-3-1-9-22-14)20-8-10-23-15-12(4-5-13(15)20)11-24-17-18-6-2-7-19-17/h1-3,6-7,9,12-13,15H,4-5,8,10-11H2/t12-,13-,15-/m1/s1. The number of carbonyl (C=O) groups is 1. The van der Waals surface area contributed by atoms with Crippen LogP contribution < -0.4 is 4.74 Å². The molecule has 4 rings (SSSR count). The first-order valence-electron chi connectivity index (χ1n) is 8.19. The maximum atomic E-state index is 12.6. The zero-order chi connectivity index (χ0) is 16.4. The van der Waals surface area contributed by atoms with Gasteiger partial charge in [-0.05, 0) is 31.0 Å². The van der Waals surface area contributed by atoms with Crippen molar-refractivity contribution in [2.75, 3.05) is 19.8 Å². The molecule has 24 heavy (non-hydrogen) atoms. The van der Waals surface area contributed by atoms with E-state index in [-0.39, 0.29) is 24.0 Å². The SMILES string of the molecule is O=C(c1ccco1)N1CCO[C@@H]2[C@@H](COc3ncccn3)CC[C@H]21. The van der Waals surface area contributed by atoms with Gasteiger partial charge in [-0.3, -0.25) is 4.79 Å². The van der Waals surface area contributed by atoms with Crippen LogP contribution in [-0.4, -0.2) is 52.7 Å². The molecule has 2 fully saturated rings. The van der Waals surface area contributed by atoms with E-state index < -0.39 is 0 Å². The topological polar surface area (TPSA) is 77.7 Å². The Morgan fingerprint density at radius 1 is 1.29 bits per heavy atom. The molecule has 1 saturated carbocycles. The number of carbonyl (C=O) groups excluding carboxylic acids is 1. The second kappa shape index (κ2) is 6.60. The third-order valence-corrected chi connectivity index (χ3v) is 4.68. The van der Waals surface area contributed by atoms with E-state index >= 15 is 0 Å². The molecule has 126 valence electrons. The van der Waals surface area contributed by atoms with Crippen molar-refractivity contribution in [3.8, 4) is 6.01 Å². The molecule has 2 aliphatic rings. The molecule has 3 atom stereocenters. The van der Waals surface area contributed by atoms with Gasteiger partial charge in [-0.2, -0.15) is 0 Å². The highest BCUT2D eigenvalue weighted by molar-refractivity contribution is 5.91. The van der Waals surface area contributed by atoms with Crippen LogP contribution in [0.5, 0.6) is 6.01 Å². The van der Waals surface area contributed by atoms with Crippen LogP contribution in [0.4, 0.5) is 0 Å². The largest absolute Gasteiger partial charge is 0.463 e. The summed E-state index contributed by atoms with van der Waals surface area (Å²) in [6, 6.07) is 5.63. The minimum Gasteiger partial charge on any atom is -0.463 e. The van der Waals surface area contributed by atoms with Gasteiger partial charge in [-0.15, -0.1) is 0 Å². The van der Waals surface area contributed by atoms with E-state index in [1.165, 1.54) is 6.26 Å². The average Bonchev–Trinajstić information content (AvgIpc) is 3.30. The molecule has 1 saturated heterocycles. The molecule has 0 N–H and O–H groups in total. The van der Waals surface area contributed by atoms with Crippen molar-refractivity contribution in [3.63, 3.8) is 0 Å². The Morgan fingerprint density at radius 3 is 2.96 bits per heavy atom. The Labute approximate surface area is 139 Å². The van der Waals surface area contributed by atoms with Crippen LogP contribution in [0.2, 0.25) is 0 Å². The van der Waals surface area contributed by atoms with Crippen LogP contribution in [0.1, 0.15) is 23.4 Å². The van der Waals surface area contributed by atoms with Gasteiger partial charge in [0.1, 0.15) is 0 Å². The molecule has 7 heteroatoms. The van der Waals surface area contributed by atoms with Gasteiger partial charge in [0.25, 0.3) is 5.91 Å². The molecular formula is C17H19N3O4. The Morgan fingerprint density at radius 2 is 2.17 bits per heavy atom. The zero-order valence-electron chi connectivity index (χ0n) is 13.2. The lowest BCUT2D eigenvalue weighted by Gasteiger charge is -2.38. The van der Waals surface area contributed by atoms with Crippen molar-refractivity contribution in [2.24, 2.45) is 5.92 Å². The number of morpholine rings is 1. The first-order chi connectivity index (χ1) is 11.8. The smallest absolute Gasteiger partial charge is 0.316 e. The highest BCUT2D eigenvalue weighted by Gasteiger charge is 2.45. The fraction of sp³-hybridized carbons (Fsp3) is 0.471. The predicted molar refractivity (Wildman–Crippen MR) is 83.5 cm³/mol. The summed E-state index contributed by atoms with van der Waals surface area (Å²) < 4.78 is 16.9. The lowest BCUT2D eigenvalue weighted by molar-refractivity contribution is -0.0689. The molecule has 0 aromatic carbocycles. The highest BCUT2D eigenvalue weighted by atomic mass is 16.5. The average molecular weight is 329 g/mol. The first kappa shape index (κ1) is 15.1. The van der Waals surface area contributed by atoms with Crippen molar-refractivity contribution in [1.29, 1.82) is 0 Å². The summed E-state index contributed by atoms with van der Waals surface area (Å²) in [5.41, 5.74) is 0. The number of amides is 1. The van der Waals surface area contributed by atoms with Gasteiger partial charge in [-0.1, -0.05) is 0 Å². The van der Waals surface area contributed by atoms with Gasteiger partial charge in [-0.25, -0.2) is 9.97 Å². The summed E-state index contributed by atoms with van der Waals surface area (Å²) in [6.07, 6.45) is 6.67. The number of fused-ring (bicyclic) bond motifs is 1. The molecule has 0 radical (unpaired) electrons. The van der Waals surface area contributed by atoms with E-state index in [9.17, 15) is 4.79 Å². The Hall–Kier alpha value is -2.41. The summed E-state index contributed by atoms with van der Waals surface area (Å²) in [5.74, 6) is 0.547. The number of rotatable bonds is 4. The summed E-state index contributed by atoms with van der Waals surface area (Å²) in [6.45, 7) is 1.62. The molecule has 2 aromatic heterocycles. The van der Waals surface area contributed by atoms with Gasteiger partial charge in [0, 0.05) is 24.9 Å². The minimum atomic E-state index is -0.0636. The monoisotopic (exact) mass is 329 g/mol. The lowest BCUT2D eigenvalue weighted by Crippen LogP contribution is -2.53. The lowest BCUT2D eigenvalue weighted by atomic mass is 10.0.